The molecule has 2 aromatic rings. The Labute approximate surface area is 90.0 Å². The molecule has 0 saturated heterocycles. The van der Waals surface area contributed by atoms with Gasteiger partial charge in [0.2, 0.25) is 0 Å². The van der Waals surface area contributed by atoms with Gasteiger partial charge in [-0.05, 0) is 43.2 Å². The van der Waals surface area contributed by atoms with Crippen LogP contribution in [0.2, 0.25) is 0 Å². The molecule has 1 fully saturated rings. The van der Waals surface area contributed by atoms with E-state index in [-0.39, 0.29) is 0 Å². The van der Waals surface area contributed by atoms with Crippen molar-refractivity contribution in [1.29, 1.82) is 0 Å². The van der Waals surface area contributed by atoms with Gasteiger partial charge in [0.15, 0.2) is 0 Å². The SMILES string of the molecule is CCc1cc(C2CC2)c2nc(C)cn2c1. The van der Waals surface area contributed by atoms with E-state index in [4.69, 9.17) is 0 Å². The van der Waals surface area contributed by atoms with Crippen LogP contribution in [-0.4, -0.2) is 9.38 Å². The molecule has 0 spiro atoms. The Morgan fingerprint density at radius 1 is 1.40 bits per heavy atom. The van der Waals surface area contributed by atoms with Crippen molar-refractivity contribution in [2.24, 2.45) is 0 Å². The molecule has 1 saturated carbocycles. The Bertz CT molecular complexity index is 506. The van der Waals surface area contributed by atoms with Crippen molar-refractivity contribution in [2.75, 3.05) is 0 Å². The van der Waals surface area contributed by atoms with Crippen molar-refractivity contribution < 1.29 is 0 Å². The molecule has 0 amide bonds. The minimum Gasteiger partial charge on any atom is -0.306 e. The number of nitrogens with zero attached hydrogens (tertiary/aromatic N) is 2. The van der Waals surface area contributed by atoms with Crippen molar-refractivity contribution in [3.63, 3.8) is 0 Å². The van der Waals surface area contributed by atoms with E-state index in [0.717, 1.165) is 18.0 Å². The summed E-state index contributed by atoms with van der Waals surface area (Å²) < 4.78 is 2.20. The first kappa shape index (κ1) is 8.96. The molecule has 2 nitrogen and oxygen atoms in total. The molecular weight excluding hydrogens is 184 g/mol. The lowest BCUT2D eigenvalue weighted by atomic mass is 10.1. The predicted octanol–water partition coefficient (Wildman–Crippen LogP) is 3.08. The number of imidazole rings is 1. The van der Waals surface area contributed by atoms with Gasteiger partial charge in [0.1, 0.15) is 5.65 Å². The lowest BCUT2D eigenvalue weighted by molar-refractivity contribution is 1.02. The molecule has 78 valence electrons. The number of rotatable bonds is 2. The Morgan fingerprint density at radius 2 is 2.20 bits per heavy atom. The molecule has 0 N–H and O–H groups in total. The van der Waals surface area contributed by atoms with Crippen LogP contribution in [0.3, 0.4) is 0 Å². The molecule has 2 aromatic heterocycles. The Kier molecular flexibility index (Phi) is 1.84. The summed E-state index contributed by atoms with van der Waals surface area (Å²) in [5.41, 5.74) is 5.17. The quantitative estimate of drug-likeness (QED) is 0.728. The summed E-state index contributed by atoms with van der Waals surface area (Å²) in [6.07, 6.45) is 8.12. The van der Waals surface area contributed by atoms with Gasteiger partial charge in [-0.2, -0.15) is 0 Å². The van der Waals surface area contributed by atoms with E-state index in [0.29, 0.717) is 0 Å². The maximum atomic E-state index is 4.61. The van der Waals surface area contributed by atoms with E-state index in [1.165, 1.54) is 29.6 Å². The molecule has 2 heteroatoms. The molecule has 0 bridgehead atoms. The van der Waals surface area contributed by atoms with E-state index in [1.54, 1.807) is 0 Å². The monoisotopic (exact) mass is 200 g/mol. The number of hydrogen-bond acceptors (Lipinski definition) is 1. The van der Waals surface area contributed by atoms with E-state index < -0.39 is 0 Å². The number of aryl methyl sites for hydroxylation is 2. The maximum Gasteiger partial charge on any atom is 0.140 e. The fourth-order valence-corrected chi connectivity index (χ4v) is 2.20. The highest BCUT2D eigenvalue weighted by Gasteiger charge is 2.26. The number of pyridine rings is 1. The third-order valence-corrected chi connectivity index (χ3v) is 3.18. The largest absolute Gasteiger partial charge is 0.306 e. The first-order chi connectivity index (χ1) is 7.28. The summed E-state index contributed by atoms with van der Waals surface area (Å²) in [6, 6.07) is 2.35. The van der Waals surface area contributed by atoms with Gasteiger partial charge in [-0.3, -0.25) is 0 Å². The Hall–Kier alpha value is -1.31. The predicted molar refractivity (Wildman–Crippen MR) is 61.3 cm³/mol. The number of fused-ring (bicyclic) bond motifs is 1. The van der Waals surface area contributed by atoms with Gasteiger partial charge in [-0.25, -0.2) is 4.98 Å². The van der Waals surface area contributed by atoms with Gasteiger partial charge in [0.05, 0.1) is 5.69 Å². The van der Waals surface area contributed by atoms with Gasteiger partial charge in [0, 0.05) is 12.4 Å². The summed E-state index contributed by atoms with van der Waals surface area (Å²) >= 11 is 0. The average molecular weight is 200 g/mol. The molecule has 1 aliphatic rings. The number of hydrogen-bond donors (Lipinski definition) is 0. The lowest BCUT2D eigenvalue weighted by Crippen LogP contribution is -1.94. The zero-order chi connectivity index (χ0) is 10.4. The second-order valence-corrected chi connectivity index (χ2v) is 4.54. The summed E-state index contributed by atoms with van der Waals surface area (Å²) in [6.45, 7) is 4.27. The molecular formula is C13H16N2. The molecule has 15 heavy (non-hydrogen) atoms. The minimum absolute atomic E-state index is 0.779. The van der Waals surface area contributed by atoms with Crippen LogP contribution in [0.5, 0.6) is 0 Å². The van der Waals surface area contributed by atoms with Gasteiger partial charge < -0.3 is 4.40 Å². The van der Waals surface area contributed by atoms with Crippen LogP contribution in [-0.2, 0) is 6.42 Å². The van der Waals surface area contributed by atoms with Crippen LogP contribution in [0.4, 0.5) is 0 Å². The molecule has 2 heterocycles. The average Bonchev–Trinajstić information content (AvgIpc) is 2.98. The zero-order valence-electron chi connectivity index (χ0n) is 9.33. The smallest absolute Gasteiger partial charge is 0.140 e. The first-order valence-electron chi connectivity index (χ1n) is 5.76. The standard InChI is InChI=1S/C13H16N2/c1-3-10-6-12(11-4-5-11)13-14-9(2)7-15(13)8-10/h6-8,11H,3-5H2,1-2H3. The second-order valence-electron chi connectivity index (χ2n) is 4.54. The van der Waals surface area contributed by atoms with Crippen LogP contribution in [0, 0.1) is 6.92 Å². The summed E-state index contributed by atoms with van der Waals surface area (Å²) in [4.78, 5) is 4.61. The van der Waals surface area contributed by atoms with E-state index >= 15 is 0 Å². The van der Waals surface area contributed by atoms with Crippen LogP contribution in [0.1, 0.15) is 42.5 Å². The van der Waals surface area contributed by atoms with Gasteiger partial charge in [-0.15, -0.1) is 0 Å². The van der Waals surface area contributed by atoms with Gasteiger partial charge in [-0.1, -0.05) is 13.0 Å². The van der Waals surface area contributed by atoms with Crippen LogP contribution < -0.4 is 0 Å². The van der Waals surface area contributed by atoms with Crippen LogP contribution in [0.25, 0.3) is 5.65 Å². The minimum atomic E-state index is 0.779. The molecule has 1 aliphatic carbocycles. The van der Waals surface area contributed by atoms with Gasteiger partial charge >= 0.3 is 0 Å². The highest BCUT2D eigenvalue weighted by atomic mass is 15.0. The number of aromatic nitrogens is 2. The summed E-state index contributed by atoms with van der Waals surface area (Å²) in [7, 11) is 0. The second kappa shape index (κ2) is 3.09. The fourth-order valence-electron chi connectivity index (χ4n) is 2.20. The molecule has 3 rings (SSSR count). The zero-order valence-corrected chi connectivity index (χ0v) is 9.33. The Balaban J connectivity index is 2.27. The summed E-state index contributed by atoms with van der Waals surface area (Å²) in [5, 5.41) is 0. The normalized spacial score (nSPS) is 16.1. The molecule has 0 unspecified atom stereocenters. The van der Waals surface area contributed by atoms with Crippen molar-refractivity contribution in [3.8, 4) is 0 Å². The van der Waals surface area contributed by atoms with Crippen LogP contribution >= 0.6 is 0 Å². The van der Waals surface area contributed by atoms with E-state index in [9.17, 15) is 0 Å². The highest BCUT2D eigenvalue weighted by Crippen LogP contribution is 2.42. The fraction of sp³-hybridized carbons (Fsp3) is 0.462. The van der Waals surface area contributed by atoms with E-state index in [1.807, 2.05) is 0 Å². The first-order valence-corrected chi connectivity index (χ1v) is 5.76. The highest BCUT2D eigenvalue weighted by molar-refractivity contribution is 5.53. The maximum absolute atomic E-state index is 4.61. The molecule has 0 atom stereocenters. The summed E-state index contributed by atoms with van der Waals surface area (Å²) in [5.74, 6) is 0.779. The van der Waals surface area contributed by atoms with E-state index in [2.05, 4.69) is 41.7 Å². The van der Waals surface area contributed by atoms with Gasteiger partial charge in [0.25, 0.3) is 0 Å². The van der Waals surface area contributed by atoms with Crippen molar-refractivity contribution in [1.82, 2.24) is 9.38 Å². The molecule has 0 aromatic carbocycles. The lowest BCUT2D eigenvalue weighted by Gasteiger charge is -2.05. The third kappa shape index (κ3) is 1.44. The molecule has 0 aliphatic heterocycles. The third-order valence-electron chi connectivity index (χ3n) is 3.18. The topological polar surface area (TPSA) is 17.3 Å². The van der Waals surface area contributed by atoms with Crippen LogP contribution in [0.15, 0.2) is 18.5 Å². The van der Waals surface area contributed by atoms with Crippen molar-refractivity contribution in [3.05, 3.63) is 35.3 Å². The van der Waals surface area contributed by atoms with Crippen molar-refractivity contribution >= 4 is 5.65 Å². The molecule has 0 radical (unpaired) electrons. The Morgan fingerprint density at radius 3 is 2.87 bits per heavy atom. The van der Waals surface area contributed by atoms with Crippen molar-refractivity contribution in [2.45, 2.75) is 39.0 Å².